The van der Waals surface area contributed by atoms with Crippen molar-refractivity contribution in [2.45, 2.75) is 66.2 Å². The van der Waals surface area contributed by atoms with Gasteiger partial charge < -0.3 is 4.74 Å². The second kappa shape index (κ2) is 9.43. The maximum absolute atomic E-state index is 12.4. The Morgan fingerprint density at radius 2 is 1.79 bits per heavy atom. The molecule has 3 nitrogen and oxygen atoms in total. The van der Waals surface area contributed by atoms with E-state index in [4.69, 9.17) is 4.74 Å². The van der Waals surface area contributed by atoms with E-state index in [1.807, 2.05) is 30.3 Å². The molecule has 1 aromatic carbocycles. The van der Waals surface area contributed by atoms with Crippen molar-refractivity contribution in [1.82, 2.24) is 5.32 Å². The summed E-state index contributed by atoms with van der Waals surface area (Å²) < 4.78 is 5.96. The average molecular weight is 459 g/mol. The highest BCUT2D eigenvalue weighted by Crippen LogP contribution is 2.39. The first-order valence-corrected chi connectivity index (χ1v) is 11.2. The number of carbonyl (C=O) groups excluding carboxylic acids is 1. The first-order valence-electron chi connectivity index (χ1n) is 9.00. The fraction of sp³-hybridized carbons (Fsp3) is 0.632. The molecule has 2 aliphatic rings. The molecule has 1 heterocycles. The summed E-state index contributed by atoms with van der Waals surface area (Å²) in [4.78, 5) is 12.4. The van der Waals surface area contributed by atoms with E-state index in [9.17, 15) is 4.79 Å². The van der Waals surface area contributed by atoms with Crippen molar-refractivity contribution in [2.24, 2.45) is 5.92 Å². The van der Waals surface area contributed by atoms with E-state index in [1.165, 1.54) is 44.9 Å². The van der Waals surface area contributed by atoms with Crippen LogP contribution in [0.1, 0.15) is 50.5 Å². The van der Waals surface area contributed by atoms with E-state index < -0.39 is 0 Å². The Morgan fingerprint density at radius 3 is 2.50 bits per heavy atom. The number of halogens is 1. The van der Waals surface area contributed by atoms with Crippen molar-refractivity contribution in [3.63, 3.8) is 0 Å². The Morgan fingerprint density at radius 1 is 1.12 bits per heavy atom. The van der Waals surface area contributed by atoms with Crippen LogP contribution in [0.5, 0.6) is 0 Å². The van der Waals surface area contributed by atoms with Gasteiger partial charge in [-0.15, -0.1) is 11.8 Å². The molecule has 5 heteroatoms. The van der Waals surface area contributed by atoms with Crippen molar-refractivity contribution in [1.29, 1.82) is 0 Å². The van der Waals surface area contributed by atoms with Gasteiger partial charge in [-0.25, -0.2) is 4.79 Å². The molecular weight excluding hydrogens is 433 g/mol. The molecule has 3 rings (SSSR count). The van der Waals surface area contributed by atoms with E-state index in [0.29, 0.717) is 21.8 Å². The Balaban J connectivity index is 1.51. The van der Waals surface area contributed by atoms with E-state index in [1.54, 1.807) is 11.8 Å². The number of alkyl halides is 1. The molecule has 0 aromatic heterocycles. The summed E-state index contributed by atoms with van der Waals surface area (Å²) in [5.41, 5.74) is 1.04. The molecule has 0 radical (unpaired) electrons. The third-order valence-electron chi connectivity index (χ3n) is 4.99. The molecular formula is C19H26INO2S. The number of carbonyl (C=O) groups is 1. The minimum Gasteiger partial charge on any atom is -0.459 e. The third kappa shape index (κ3) is 5.11. The summed E-state index contributed by atoms with van der Waals surface area (Å²) in [6.07, 6.45) is 9.38. The number of ether oxygens (including phenoxy) is 1. The molecule has 2 fully saturated rings. The Bertz CT molecular complexity index is 519. The number of esters is 1. The summed E-state index contributed by atoms with van der Waals surface area (Å²) in [6, 6.07) is 10.3. The van der Waals surface area contributed by atoms with Gasteiger partial charge in [0.15, 0.2) is 5.37 Å². The van der Waals surface area contributed by atoms with E-state index >= 15 is 0 Å². The molecule has 1 N–H and O–H groups in total. The molecule has 132 valence electrons. The SMILES string of the molecule is O=C(OCc1ccccc1)C1NC(C2CCCCCCC2)C(I)S1. The molecule has 0 spiro atoms. The van der Waals surface area contributed by atoms with Gasteiger partial charge in [-0.05, 0) is 24.3 Å². The molecule has 3 unspecified atom stereocenters. The maximum Gasteiger partial charge on any atom is 0.334 e. The molecule has 1 saturated carbocycles. The summed E-state index contributed by atoms with van der Waals surface area (Å²) in [5, 5.41) is 3.36. The van der Waals surface area contributed by atoms with Gasteiger partial charge in [-0.2, -0.15) is 0 Å². The standard InChI is InChI=1S/C19H26INO2S/c20-17-16(15-11-7-2-1-3-8-12-15)21-18(24-17)19(22)23-13-14-9-5-4-6-10-14/h4-6,9-10,15-18,21H,1-3,7-8,11-13H2. The van der Waals surface area contributed by atoms with Crippen LogP contribution >= 0.6 is 34.4 Å². The predicted molar refractivity (Wildman–Crippen MR) is 108 cm³/mol. The van der Waals surface area contributed by atoms with Crippen molar-refractivity contribution >= 4 is 40.3 Å². The highest BCUT2D eigenvalue weighted by Gasteiger charge is 2.41. The van der Waals surface area contributed by atoms with Gasteiger partial charge in [0, 0.05) is 6.04 Å². The Labute approximate surface area is 162 Å². The predicted octanol–water partition coefficient (Wildman–Crippen LogP) is 4.88. The second-order valence-electron chi connectivity index (χ2n) is 6.76. The van der Waals surface area contributed by atoms with Crippen molar-refractivity contribution in [2.75, 3.05) is 0 Å². The van der Waals surface area contributed by atoms with Gasteiger partial charge in [0.05, 0.1) is 3.26 Å². The zero-order valence-electron chi connectivity index (χ0n) is 14.0. The lowest BCUT2D eigenvalue weighted by molar-refractivity contribution is -0.145. The molecule has 0 amide bonds. The van der Waals surface area contributed by atoms with Crippen LogP contribution < -0.4 is 5.32 Å². The normalized spacial score (nSPS) is 29.0. The molecule has 1 aliphatic heterocycles. The van der Waals surface area contributed by atoms with E-state index in [2.05, 4.69) is 27.9 Å². The van der Waals surface area contributed by atoms with Gasteiger partial charge in [-0.3, -0.25) is 5.32 Å². The van der Waals surface area contributed by atoms with Crippen LogP contribution in [0.4, 0.5) is 0 Å². The molecule has 24 heavy (non-hydrogen) atoms. The molecule has 3 atom stereocenters. The summed E-state index contributed by atoms with van der Waals surface area (Å²) in [5.74, 6) is 0.575. The zero-order valence-corrected chi connectivity index (χ0v) is 16.9. The number of hydrogen-bond donors (Lipinski definition) is 1. The number of rotatable bonds is 4. The van der Waals surface area contributed by atoms with E-state index in [-0.39, 0.29) is 11.3 Å². The van der Waals surface area contributed by atoms with Crippen molar-refractivity contribution in [3.05, 3.63) is 35.9 Å². The average Bonchev–Trinajstić information content (AvgIpc) is 2.95. The monoisotopic (exact) mass is 459 g/mol. The number of hydrogen-bond acceptors (Lipinski definition) is 4. The van der Waals surface area contributed by atoms with Gasteiger partial charge >= 0.3 is 5.97 Å². The van der Waals surface area contributed by atoms with Gasteiger partial charge in [0.25, 0.3) is 0 Å². The van der Waals surface area contributed by atoms with Crippen LogP contribution in [0.15, 0.2) is 30.3 Å². The summed E-state index contributed by atoms with van der Waals surface area (Å²) in [7, 11) is 0. The molecule has 0 bridgehead atoms. The lowest BCUT2D eigenvalue weighted by Crippen LogP contribution is -2.41. The second-order valence-corrected chi connectivity index (χ2v) is 10.2. The quantitative estimate of drug-likeness (QED) is 0.396. The first-order chi connectivity index (χ1) is 11.7. The van der Waals surface area contributed by atoms with Crippen LogP contribution in [-0.4, -0.2) is 20.6 Å². The zero-order chi connectivity index (χ0) is 16.8. The van der Waals surface area contributed by atoms with Crippen LogP contribution in [0.25, 0.3) is 0 Å². The first kappa shape index (κ1) is 18.5. The van der Waals surface area contributed by atoms with Gasteiger partial charge in [0.2, 0.25) is 0 Å². The highest BCUT2D eigenvalue weighted by atomic mass is 127. The molecule has 1 saturated heterocycles. The number of nitrogens with one attached hydrogen (secondary N) is 1. The molecule has 1 aliphatic carbocycles. The summed E-state index contributed by atoms with van der Waals surface area (Å²) >= 11 is 4.22. The van der Waals surface area contributed by atoms with Crippen molar-refractivity contribution in [3.8, 4) is 0 Å². The van der Waals surface area contributed by atoms with E-state index in [0.717, 1.165) is 5.56 Å². The van der Waals surface area contributed by atoms with Gasteiger partial charge in [-0.1, -0.05) is 85.0 Å². The Hall–Kier alpha value is -0.270. The van der Waals surface area contributed by atoms with Crippen LogP contribution in [-0.2, 0) is 16.1 Å². The largest absolute Gasteiger partial charge is 0.459 e. The lowest BCUT2D eigenvalue weighted by atomic mass is 9.86. The minimum absolute atomic E-state index is 0.126. The van der Waals surface area contributed by atoms with Gasteiger partial charge in [0.1, 0.15) is 6.61 Å². The van der Waals surface area contributed by atoms with Crippen molar-refractivity contribution < 1.29 is 9.53 Å². The van der Waals surface area contributed by atoms with Crippen LogP contribution in [0.3, 0.4) is 0 Å². The van der Waals surface area contributed by atoms with Crippen LogP contribution in [0, 0.1) is 5.92 Å². The minimum atomic E-state index is -0.217. The maximum atomic E-state index is 12.4. The fourth-order valence-electron chi connectivity index (χ4n) is 3.63. The number of benzene rings is 1. The summed E-state index contributed by atoms with van der Waals surface area (Å²) in [6.45, 7) is 0.360. The lowest BCUT2D eigenvalue weighted by Gasteiger charge is -2.27. The smallest absolute Gasteiger partial charge is 0.334 e. The topological polar surface area (TPSA) is 38.3 Å². The number of thioether (sulfide) groups is 1. The molecule has 1 aromatic rings. The highest BCUT2D eigenvalue weighted by molar-refractivity contribution is 14.1. The third-order valence-corrected chi connectivity index (χ3v) is 7.80. The fourth-order valence-corrected chi connectivity index (χ4v) is 6.45. The van der Waals surface area contributed by atoms with Crippen LogP contribution in [0.2, 0.25) is 0 Å². The Kier molecular flexibility index (Phi) is 7.28.